The number of benzene rings is 2. The van der Waals surface area contributed by atoms with Crippen LogP contribution in [-0.4, -0.2) is 70.2 Å². The number of piperidine rings is 1. The van der Waals surface area contributed by atoms with Crippen LogP contribution in [0, 0.1) is 0 Å². The van der Waals surface area contributed by atoms with Crippen molar-refractivity contribution in [2.75, 3.05) is 19.7 Å². The Bertz CT molecular complexity index is 1020. The zero-order valence-electron chi connectivity index (χ0n) is 20.2. The van der Waals surface area contributed by atoms with Gasteiger partial charge >= 0.3 is 0 Å². The fourth-order valence-corrected chi connectivity index (χ4v) is 5.14. The van der Waals surface area contributed by atoms with Crippen molar-refractivity contribution in [3.63, 3.8) is 0 Å². The molecule has 0 spiro atoms. The topological polar surface area (TPSA) is 94.5 Å². The Hall–Kier alpha value is -2.49. The summed E-state index contributed by atoms with van der Waals surface area (Å²) in [4.78, 5) is 17.1. The molecule has 0 saturated carbocycles. The van der Waals surface area contributed by atoms with Crippen LogP contribution in [0.2, 0.25) is 0 Å². The summed E-state index contributed by atoms with van der Waals surface area (Å²) in [5, 5.41) is 22.8. The Morgan fingerprint density at radius 3 is 2.57 bits per heavy atom. The highest BCUT2D eigenvalue weighted by molar-refractivity contribution is 5.99. The smallest absolute Gasteiger partial charge is 0.255 e. The van der Waals surface area contributed by atoms with Crippen LogP contribution >= 0.6 is 0 Å². The molecule has 8 heteroatoms. The van der Waals surface area contributed by atoms with E-state index < -0.39 is 12.5 Å². The van der Waals surface area contributed by atoms with Crippen molar-refractivity contribution in [1.82, 2.24) is 15.1 Å². The van der Waals surface area contributed by atoms with E-state index in [1.807, 2.05) is 18.2 Å². The standard InChI is InChI=1S/C27H35N3O5/c1-2-12-34-20-14-29(15-20)13-18-6-8-19(9-7-18)17-35-24-5-3-4-21-22(24)16-30(27(21)33)23-10-11-25(31)28-26(23)32/h3-9,20,23,25-26,28,31-32H,2,10-17H2,1H3. The summed E-state index contributed by atoms with van der Waals surface area (Å²) < 4.78 is 11.9. The molecule has 35 heavy (non-hydrogen) atoms. The van der Waals surface area contributed by atoms with Crippen molar-refractivity contribution >= 4 is 5.91 Å². The van der Waals surface area contributed by atoms with Crippen molar-refractivity contribution < 1.29 is 24.5 Å². The van der Waals surface area contributed by atoms with E-state index in [1.165, 1.54) is 5.56 Å². The molecule has 3 unspecified atom stereocenters. The quantitative estimate of drug-likeness (QED) is 0.506. The zero-order valence-corrected chi connectivity index (χ0v) is 20.2. The lowest BCUT2D eigenvalue weighted by atomic mass is 10.0. The molecule has 3 heterocycles. The number of aliphatic hydroxyl groups excluding tert-OH is 2. The molecule has 3 aliphatic heterocycles. The van der Waals surface area contributed by atoms with E-state index in [0.717, 1.165) is 43.8 Å². The van der Waals surface area contributed by atoms with Crippen LogP contribution in [0.5, 0.6) is 5.75 Å². The Morgan fingerprint density at radius 1 is 1.06 bits per heavy atom. The van der Waals surface area contributed by atoms with Gasteiger partial charge in [0.15, 0.2) is 0 Å². The average molecular weight is 482 g/mol. The summed E-state index contributed by atoms with van der Waals surface area (Å²) in [5.41, 5.74) is 3.81. The number of fused-ring (bicyclic) bond motifs is 1. The molecule has 3 N–H and O–H groups in total. The molecule has 8 nitrogen and oxygen atoms in total. The van der Waals surface area contributed by atoms with Crippen molar-refractivity contribution in [3.05, 3.63) is 64.7 Å². The second kappa shape index (κ2) is 10.6. The Balaban J connectivity index is 1.16. The Kier molecular flexibility index (Phi) is 7.36. The minimum atomic E-state index is -0.953. The number of rotatable bonds is 9. The Morgan fingerprint density at radius 2 is 1.83 bits per heavy atom. The predicted octanol–water partition coefficient (Wildman–Crippen LogP) is 2.22. The maximum Gasteiger partial charge on any atom is 0.255 e. The molecule has 3 aliphatic rings. The van der Waals surface area contributed by atoms with Gasteiger partial charge < -0.3 is 24.6 Å². The van der Waals surface area contributed by atoms with Gasteiger partial charge in [-0.2, -0.15) is 0 Å². The normalized spacial score (nSPS) is 24.9. The third kappa shape index (κ3) is 5.37. The predicted molar refractivity (Wildman–Crippen MR) is 131 cm³/mol. The molecule has 0 aliphatic carbocycles. The summed E-state index contributed by atoms with van der Waals surface area (Å²) in [5.74, 6) is 0.588. The minimum Gasteiger partial charge on any atom is -0.489 e. The van der Waals surface area contributed by atoms with E-state index in [1.54, 1.807) is 4.90 Å². The molecular formula is C27H35N3O5. The molecular weight excluding hydrogens is 446 g/mol. The van der Waals surface area contributed by atoms with Gasteiger partial charge in [-0.1, -0.05) is 37.3 Å². The van der Waals surface area contributed by atoms with Gasteiger partial charge in [0, 0.05) is 37.4 Å². The molecule has 2 aromatic carbocycles. The number of nitrogens with zero attached hydrogens (tertiary/aromatic N) is 2. The van der Waals surface area contributed by atoms with Gasteiger partial charge in [0.25, 0.3) is 5.91 Å². The number of ether oxygens (including phenoxy) is 2. The van der Waals surface area contributed by atoms with Crippen LogP contribution in [0.4, 0.5) is 0 Å². The largest absolute Gasteiger partial charge is 0.489 e. The SMILES string of the molecule is CCCOC1CN(Cc2ccc(COc3cccc4c3CN(C3CCC(O)NC3O)C4=O)cc2)C1. The van der Waals surface area contributed by atoms with Gasteiger partial charge in [-0.15, -0.1) is 0 Å². The van der Waals surface area contributed by atoms with Crippen LogP contribution in [0.3, 0.4) is 0 Å². The molecule has 188 valence electrons. The molecule has 3 atom stereocenters. The third-order valence-corrected chi connectivity index (χ3v) is 7.12. The highest BCUT2D eigenvalue weighted by Crippen LogP contribution is 2.34. The number of likely N-dealkylation sites (tertiary alicyclic amines) is 1. The second-order valence-electron chi connectivity index (χ2n) is 9.78. The lowest BCUT2D eigenvalue weighted by Crippen LogP contribution is -2.56. The number of hydrogen-bond donors (Lipinski definition) is 3. The van der Waals surface area contributed by atoms with Gasteiger partial charge in [-0.25, -0.2) is 0 Å². The second-order valence-corrected chi connectivity index (χ2v) is 9.78. The van der Waals surface area contributed by atoms with Crippen LogP contribution in [0.25, 0.3) is 0 Å². The summed E-state index contributed by atoms with van der Waals surface area (Å²) in [6.45, 7) is 6.70. The highest BCUT2D eigenvalue weighted by atomic mass is 16.5. The molecule has 2 fully saturated rings. The number of aliphatic hydroxyl groups is 2. The van der Waals surface area contributed by atoms with Crippen LogP contribution in [-0.2, 0) is 24.4 Å². The fourth-order valence-electron chi connectivity index (χ4n) is 5.14. The molecule has 2 aromatic rings. The van der Waals surface area contributed by atoms with Crippen molar-refractivity contribution in [1.29, 1.82) is 0 Å². The summed E-state index contributed by atoms with van der Waals surface area (Å²) in [6.07, 6.45) is 0.780. The fraction of sp³-hybridized carbons (Fsp3) is 0.519. The van der Waals surface area contributed by atoms with E-state index >= 15 is 0 Å². The number of hydrogen-bond acceptors (Lipinski definition) is 7. The molecule has 2 saturated heterocycles. The first-order valence-electron chi connectivity index (χ1n) is 12.6. The number of carbonyl (C=O) groups is 1. The van der Waals surface area contributed by atoms with Crippen molar-refractivity contribution in [2.24, 2.45) is 0 Å². The zero-order chi connectivity index (χ0) is 24.4. The van der Waals surface area contributed by atoms with Crippen molar-refractivity contribution in [3.8, 4) is 5.75 Å². The first kappa shape index (κ1) is 24.2. The number of amides is 1. The first-order valence-corrected chi connectivity index (χ1v) is 12.6. The third-order valence-electron chi connectivity index (χ3n) is 7.12. The van der Waals surface area contributed by atoms with Gasteiger partial charge in [0.05, 0.1) is 18.7 Å². The minimum absolute atomic E-state index is 0.106. The number of nitrogens with one attached hydrogen (secondary N) is 1. The molecule has 0 radical (unpaired) electrons. The van der Waals surface area contributed by atoms with Gasteiger partial charge in [-0.05, 0) is 42.5 Å². The first-order chi connectivity index (χ1) is 17.0. The Labute approximate surface area is 206 Å². The van der Waals surface area contributed by atoms with Crippen molar-refractivity contribution in [2.45, 2.75) is 70.5 Å². The molecule has 0 bridgehead atoms. The number of carbonyl (C=O) groups excluding carboxylic acids is 1. The van der Waals surface area contributed by atoms with Crippen LogP contribution < -0.4 is 10.1 Å². The van der Waals surface area contributed by atoms with Crippen LogP contribution in [0.15, 0.2) is 42.5 Å². The highest BCUT2D eigenvalue weighted by Gasteiger charge is 2.40. The average Bonchev–Trinajstić information content (AvgIpc) is 3.16. The molecule has 1 amide bonds. The van der Waals surface area contributed by atoms with Gasteiger partial charge in [-0.3, -0.25) is 15.0 Å². The molecule has 0 aromatic heterocycles. The van der Waals surface area contributed by atoms with E-state index in [4.69, 9.17) is 9.47 Å². The lowest BCUT2D eigenvalue weighted by molar-refractivity contribution is -0.0574. The summed E-state index contributed by atoms with van der Waals surface area (Å²) >= 11 is 0. The van der Waals surface area contributed by atoms with E-state index in [0.29, 0.717) is 43.4 Å². The maximum absolute atomic E-state index is 13.0. The van der Waals surface area contributed by atoms with E-state index in [2.05, 4.69) is 41.4 Å². The van der Waals surface area contributed by atoms with E-state index in [9.17, 15) is 15.0 Å². The maximum atomic E-state index is 13.0. The van der Waals surface area contributed by atoms with Gasteiger partial charge in [0.2, 0.25) is 0 Å². The van der Waals surface area contributed by atoms with Gasteiger partial charge in [0.1, 0.15) is 24.8 Å². The summed E-state index contributed by atoms with van der Waals surface area (Å²) in [7, 11) is 0. The van der Waals surface area contributed by atoms with Crippen LogP contribution in [0.1, 0.15) is 53.2 Å². The lowest BCUT2D eigenvalue weighted by Gasteiger charge is -2.39. The van der Waals surface area contributed by atoms with E-state index in [-0.39, 0.29) is 11.9 Å². The monoisotopic (exact) mass is 481 g/mol. The molecule has 5 rings (SSSR count). The summed E-state index contributed by atoms with van der Waals surface area (Å²) in [6, 6.07) is 13.6.